The van der Waals surface area contributed by atoms with Gasteiger partial charge in [-0.25, -0.2) is 9.67 Å². The van der Waals surface area contributed by atoms with Gasteiger partial charge >= 0.3 is 0 Å². The van der Waals surface area contributed by atoms with E-state index in [-0.39, 0.29) is 12.5 Å². The van der Waals surface area contributed by atoms with Crippen LogP contribution in [-0.2, 0) is 24.4 Å². The third-order valence-electron chi connectivity index (χ3n) is 2.39. The number of nitrogens with two attached hydrogens (primary N) is 1. The summed E-state index contributed by atoms with van der Waals surface area (Å²) in [5, 5.41) is 10.4. The van der Waals surface area contributed by atoms with Crippen LogP contribution in [0.15, 0.2) is 11.7 Å². The predicted molar refractivity (Wildman–Crippen MR) is 66.6 cm³/mol. The molecule has 0 aromatic carbocycles. The Balaban J connectivity index is 1.84. The first-order valence-electron chi connectivity index (χ1n) is 5.43. The van der Waals surface area contributed by atoms with E-state index in [2.05, 4.69) is 20.6 Å². The van der Waals surface area contributed by atoms with Gasteiger partial charge in [0.1, 0.15) is 6.54 Å². The fraction of sp³-hybridized carbons (Fsp3) is 0.400. The maximum atomic E-state index is 11.7. The Morgan fingerprint density at radius 2 is 2.44 bits per heavy atom. The Hall–Kier alpha value is -1.80. The number of carbonyl (C=O) groups excluding carboxylic acids is 1. The van der Waals surface area contributed by atoms with Crippen LogP contribution in [0, 0.1) is 6.92 Å². The summed E-state index contributed by atoms with van der Waals surface area (Å²) in [5.74, 6) is -0.115. The largest absolute Gasteiger partial charge is 0.350 e. The van der Waals surface area contributed by atoms with Crippen LogP contribution in [0.4, 0.5) is 0 Å². The Kier molecular flexibility index (Phi) is 4.00. The summed E-state index contributed by atoms with van der Waals surface area (Å²) in [6.07, 6.45) is 1.66. The number of nitrogens with zero attached hydrogens (tertiary/aromatic N) is 4. The highest BCUT2D eigenvalue weighted by Gasteiger charge is 2.07. The highest BCUT2D eigenvalue weighted by molar-refractivity contribution is 7.09. The lowest BCUT2D eigenvalue weighted by atomic mass is 10.4. The quantitative estimate of drug-likeness (QED) is 0.782. The lowest BCUT2D eigenvalue weighted by Gasteiger charge is -2.03. The van der Waals surface area contributed by atoms with E-state index in [9.17, 15) is 4.79 Å². The molecule has 96 valence electrons. The van der Waals surface area contributed by atoms with Crippen molar-refractivity contribution in [2.75, 3.05) is 0 Å². The fourth-order valence-electron chi connectivity index (χ4n) is 1.39. The number of amides is 1. The summed E-state index contributed by atoms with van der Waals surface area (Å²) in [6.45, 7) is 2.88. The summed E-state index contributed by atoms with van der Waals surface area (Å²) in [5.41, 5.74) is 8.80. The third-order valence-corrected chi connectivity index (χ3v) is 3.33. The number of nitrogens with one attached hydrogen (secondary N) is 1. The highest BCUT2D eigenvalue weighted by Crippen LogP contribution is 2.10. The molecule has 2 heterocycles. The standard InChI is InChI=1S/C10H14N6OS/c1-7-9(18-6-13-7)3-12-10(17)5-16-4-8(2-11)14-15-16/h4,6H,2-3,5,11H2,1H3,(H,12,17). The van der Waals surface area contributed by atoms with Gasteiger partial charge in [0, 0.05) is 11.4 Å². The van der Waals surface area contributed by atoms with Crippen molar-refractivity contribution in [2.24, 2.45) is 5.73 Å². The minimum Gasteiger partial charge on any atom is -0.350 e. The normalized spacial score (nSPS) is 10.6. The molecule has 2 rings (SSSR count). The van der Waals surface area contributed by atoms with Gasteiger partial charge in [0.2, 0.25) is 5.91 Å². The molecule has 18 heavy (non-hydrogen) atoms. The second-order valence-corrected chi connectivity index (χ2v) is 4.69. The van der Waals surface area contributed by atoms with Gasteiger partial charge in [-0.1, -0.05) is 5.21 Å². The average molecular weight is 266 g/mol. The Morgan fingerprint density at radius 1 is 1.61 bits per heavy atom. The zero-order chi connectivity index (χ0) is 13.0. The molecule has 0 aliphatic rings. The van der Waals surface area contributed by atoms with Crippen LogP contribution >= 0.6 is 11.3 Å². The van der Waals surface area contributed by atoms with Gasteiger partial charge in [-0.05, 0) is 6.92 Å². The van der Waals surface area contributed by atoms with Crippen molar-refractivity contribution in [1.29, 1.82) is 0 Å². The summed E-state index contributed by atoms with van der Waals surface area (Å²) in [6, 6.07) is 0. The zero-order valence-electron chi connectivity index (χ0n) is 9.96. The van der Waals surface area contributed by atoms with Gasteiger partial charge in [-0.3, -0.25) is 4.79 Å². The van der Waals surface area contributed by atoms with Crippen molar-refractivity contribution in [3.63, 3.8) is 0 Å². The molecule has 8 heteroatoms. The maximum absolute atomic E-state index is 11.7. The van der Waals surface area contributed by atoms with Crippen LogP contribution in [0.3, 0.4) is 0 Å². The summed E-state index contributed by atoms with van der Waals surface area (Å²) < 4.78 is 1.47. The van der Waals surface area contributed by atoms with E-state index in [0.717, 1.165) is 10.6 Å². The highest BCUT2D eigenvalue weighted by atomic mass is 32.1. The average Bonchev–Trinajstić information content (AvgIpc) is 2.96. The van der Waals surface area contributed by atoms with E-state index in [1.165, 1.54) is 16.0 Å². The number of hydrogen-bond donors (Lipinski definition) is 2. The molecule has 0 radical (unpaired) electrons. The van der Waals surface area contributed by atoms with E-state index in [1.54, 1.807) is 11.7 Å². The molecule has 0 saturated heterocycles. The molecule has 2 aromatic heterocycles. The smallest absolute Gasteiger partial charge is 0.242 e. The monoisotopic (exact) mass is 266 g/mol. The number of aryl methyl sites for hydroxylation is 1. The number of hydrogen-bond acceptors (Lipinski definition) is 6. The minimum absolute atomic E-state index is 0.115. The van der Waals surface area contributed by atoms with Crippen molar-refractivity contribution in [3.05, 3.63) is 28.0 Å². The second kappa shape index (κ2) is 5.69. The summed E-state index contributed by atoms with van der Waals surface area (Å²) in [7, 11) is 0. The Labute approximate surface area is 108 Å². The van der Waals surface area contributed by atoms with Crippen LogP contribution in [-0.4, -0.2) is 25.9 Å². The summed E-state index contributed by atoms with van der Waals surface area (Å²) >= 11 is 1.53. The van der Waals surface area contributed by atoms with Crippen LogP contribution in [0.25, 0.3) is 0 Å². The van der Waals surface area contributed by atoms with Crippen molar-refractivity contribution in [2.45, 2.75) is 26.6 Å². The molecule has 0 spiro atoms. The molecule has 0 fully saturated rings. The SMILES string of the molecule is Cc1ncsc1CNC(=O)Cn1cc(CN)nn1. The zero-order valence-corrected chi connectivity index (χ0v) is 10.8. The van der Waals surface area contributed by atoms with Gasteiger partial charge in [0.25, 0.3) is 0 Å². The van der Waals surface area contributed by atoms with Gasteiger partial charge in [-0.2, -0.15) is 0 Å². The molecule has 0 saturated carbocycles. The molecule has 1 amide bonds. The van der Waals surface area contributed by atoms with E-state index >= 15 is 0 Å². The van der Waals surface area contributed by atoms with Crippen LogP contribution < -0.4 is 11.1 Å². The van der Waals surface area contributed by atoms with E-state index in [1.807, 2.05) is 6.92 Å². The van der Waals surface area contributed by atoms with E-state index in [0.29, 0.717) is 18.8 Å². The van der Waals surface area contributed by atoms with Crippen molar-refractivity contribution < 1.29 is 4.79 Å². The third kappa shape index (κ3) is 3.11. The molecular weight excluding hydrogens is 252 g/mol. The number of rotatable bonds is 5. The lowest BCUT2D eigenvalue weighted by Crippen LogP contribution is -2.27. The molecule has 0 aliphatic carbocycles. The van der Waals surface area contributed by atoms with Crippen molar-refractivity contribution in [3.8, 4) is 0 Å². The van der Waals surface area contributed by atoms with E-state index < -0.39 is 0 Å². The van der Waals surface area contributed by atoms with E-state index in [4.69, 9.17) is 5.73 Å². The fourth-order valence-corrected chi connectivity index (χ4v) is 2.10. The first kappa shape index (κ1) is 12.7. The van der Waals surface area contributed by atoms with Crippen molar-refractivity contribution >= 4 is 17.2 Å². The Bertz CT molecular complexity index is 534. The topological polar surface area (TPSA) is 98.7 Å². The number of aromatic nitrogens is 4. The van der Waals surface area contributed by atoms with Gasteiger partial charge < -0.3 is 11.1 Å². The molecule has 3 N–H and O–H groups in total. The number of carbonyl (C=O) groups is 1. The molecular formula is C10H14N6OS. The molecule has 2 aromatic rings. The molecule has 0 aliphatic heterocycles. The summed E-state index contributed by atoms with van der Waals surface area (Å²) in [4.78, 5) is 16.8. The van der Waals surface area contributed by atoms with Crippen LogP contribution in [0.5, 0.6) is 0 Å². The Morgan fingerprint density at radius 3 is 3.06 bits per heavy atom. The number of thiazole rings is 1. The van der Waals surface area contributed by atoms with Gasteiger partial charge in [0.15, 0.2) is 0 Å². The predicted octanol–water partition coefficient (Wildman–Crippen LogP) is -0.182. The second-order valence-electron chi connectivity index (χ2n) is 3.75. The molecule has 0 unspecified atom stereocenters. The maximum Gasteiger partial charge on any atom is 0.242 e. The molecule has 0 atom stereocenters. The van der Waals surface area contributed by atoms with Gasteiger partial charge in [0.05, 0.1) is 29.6 Å². The molecule has 7 nitrogen and oxygen atoms in total. The van der Waals surface area contributed by atoms with Crippen LogP contribution in [0.2, 0.25) is 0 Å². The minimum atomic E-state index is -0.115. The molecule has 0 bridgehead atoms. The van der Waals surface area contributed by atoms with Crippen LogP contribution in [0.1, 0.15) is 16.3 Å². The first-order valence-corrected chi connectivity index (χ1v) is 6.31. The van der Waals surface area contributed by atoms with Gasteiger partial charge in [-0.15, -0.1) is 16.4 Å². The first-order chi connectivity index (χ1) is 8.69. The van der Waals surface area contributed by atoms with Crippen molar-refractivity contribution in [1.82, 2.24) is 25.3 Å². The lowest BCUT2D eigenvalue weighted by molar-refractivity contribution is -0.122.